The molecule has 0 saturated carbocycles. The third-order valence-electron chi connectivity index (χ3n) is 2.41. The van der Waals surface area contributed by atoms with Gasteiger partial charge in [-0.05, 0) is 34.0 Å². The number of nitrogens with zero attached hydrogens (tertiary/aromatic N) is 2. The van der Waals surface area contributed by atoms with E-state index in [9.17, 15) is 4.79 Å². The summed E-state index contributed by atoms with van der Waals surface area (Å²) in [4.78, 5) is 16.6. The van der Waals surface area contributed by atoms with Crippen molar-refractivity contribution in [1.29, 1.82) is 0 Å². The molecule has 1 aromatic heterocycles. The molecule has 0 atom stereocenters. The second-order valence-electron chi connectivity index (χ2n) is 4.38. The Balaban J connectivity index is 2.71. The number of hydrogen-bond donors (Lipinski definition) is 0. The van der Waals surface area contributed by atoms with E-state index in [-0.39, 0.29) is 5.56 Å². The van der Waals surface area contributed by atoms with Gasteiger partial charge in [0, 0.05) is 15.5 Å². The molecule has 0 N–H and O–H groups in total. The lowest BCUT2D eigenvalue weighted by molar-refractivity contribution is 0.508. The van der Waals surface area contributed by atoms with Gasteiger partial charge < -0.3 is 0 Å². The minimum absolute atomic E-state index is 0.00528. The summed E-state index contributed by atoms with van der Waals surface area (Å²) in [5.41, 5.74) is 0.712. The van der Waals surface area contributed by atoms with Crippen molar-refractivity contribution in [2.75, 3.05) is 0 Å². The van der Waals surface area contributed by atoms with Crippen LogP contribution in [0.2, 0.25) is 0 Å². The van der Waals surface area contributed by atoms with Crippen LogP contribution in [-0.4, -0.2) is 9.55 Å². The first kappa shape index (κ1) is 12.8. The van der Waals surface area contributed by atoms with Gasteiger partial charge in [0.25, 0.3) is 5.56 Å². The number of fused-ring (bicyclic) bond motifs is 1. The van der Waals surface area contributed by atoms with Crippen molar-refractivity contribution in [1.82, 2.24) is 9.55 Å². The molecule has 2 aromatic rings. The van der Waals surface area contributed by atoms with E-state index in [2.05, 4.69) is 50.7 Å². The first-order valence-corrected chi connectivity index (χ1v) is 6.92. The summed E-state index contributed by atoms with van der Waals surface area (Å²) in [7, 11) is 0. The first-order chi connectivity index (χ1) is 7.99. The largest absolute Gasteiger partial charge is 0.298 e. The third kappa shape index (κ3) is 2.60. The van der Waals surface area contributed by atoms with Crippen LogP contribution >= 0.6 is 31.9 Å². The van der Waals surface area contributed by atoms with Crippen molar-refractivity contribution in [3.05, 3.63) is 37.8 Å². The topological polar surface area (TPSA) is 34.9 Å². The van der Waals surface area contributed by atoms with Gasteiger partial charge in [-0.15, -0.1) is 0 Å². The fraction of sp³-hybridized carbons (Fsp3) is 0.333. The molecule has 0 aliphatic heterocycles. The molecule has 0 fully saturated rings. The quantitative estimate of drug-likeness (QED) is 0.821. The zero-order chi connectivity index (χ0) is 12.6. The number of benzene rings is 1. The Labute approximate surface area is 116 Å². The van der Waals surface area contributed by atoms with E-state index >= 15 is 0 Å². The minimum atomic E-state index is 0.00528. The molecule has 90 valence electrons. The summed E-state index contributed by atoms with van der Waals surface area (Å²) >= 11 is 6.80. The van der Waals surface area contributed by atoms with Crippen molar-refractivity contribution in [3.63, 3.8) is 0 Å². The molecule has 0 spiro atoms. The molecule has 5 heteroatoms. The molecule has 1 aromatic carbocycles. The molecule has 0 bridgehead atoms. The van der Waals surface area contributed by atoms with Crippen molar-refractivity contribution < 1.29 is 0 Å². The Kier molecular flexibility index (Phi) is 3.68. The Morgan fingerprint density at radius 2 is 2.06 bits per heavy atom. The van der Waals surface area contributed by atoms with Crippen LogP contribution in [0, 0.1) is 5.92 Å². The number of rotatable bonds is 2. The van der Waals surface area contributed by atoms with E-state index < -0.39 is 0 Å². The normalized spacial score (nSPS) is 11.4. The lowest BCUT2D eigenvalue weighted by atomic mass is 10.2. The van der Waals surface area contributed by atoms with E-state index in [1.54, 1.807) is 10.9 Å². The number of hydrogen-bond acceptors (Lipinski definition) is 2. The van der Waals surface area contributed by atoms with Crippen LogP contribution in [0.1, 0.15) is 13.8 Å². The Morgan fingerprint density at radius 3 is 2.71 bits per heavy atom. The van der Waals surface area contributed by atoms with Gasteiger partial charge in [0.05, 0.1) is 17.2 Å². The highest BCUT2D eigenvalue weighted by Crippen LogP contribution is 2.24. The summed E-state index contributed by atoms with van der Waals surface area (Å²) < 4.78 is 3.36. The zero-order valence-corrected chi connectivity index (χ0v) is 12.7. The van der Waals surface area contributed by atoms with Crippen LogP contribution in [0.4, 0.5) is 0 Å². The Bertz CT molecular complexity index is 620. The van der Waals surface area contributed by atoms with Gasteiger partial charge in [-0.25, -0.2) is 4.98 Å². The second-order valence-corrected chi connectivity index (χ2v) is 6.15. The predicted molar refractivity (Wildman–Crippen MR) is 76.2 cm³/mol. The average Bonchev–Trinajstić information content (AvgIpc) is 2.22. The molecule has 2 rings (SSSR count). The summed E-state index contributed by atoms with van der Waals surface area (Å²) in [6, 6.07) is 3.70. The van der Waals surface area contributed by atoms with Gasteiger partial charge in [0.15, 0.2) is 0 Å². The minimum Gasteiger partial charge on any atom is -0.298 e. The summed E-state index contributed by atoms with van der Waals surface area (Å²) in [5.74, 6) is 0.419. The molecule has 3 nitrogen and oxygen atoms in total. The summed E-state index contributed by atoms with van der Waals surface area (Å²) in [6.07, 6.45) is 1.61. The maximum absolute atomic E-state index is 12.2. The fourth-order valence-electron chi connectivity index (χ4n) is 1.72. The predicted octanol–water partition coefficient (Wildman–Crippen LogP) is 3.58. The molecule has 0 unspecified atom stereocenters. The van der Waals surface area contributed by atoms with Gasteiger partial charge in [-0.2, -0.15) is 0 Å². The first-order valence-electron chi connectivity index (χ1n) is 5.33. The van der Waals surface area contributed by atoms with Crippen LogP contribution in [0.3, 0.4) is 0 Å². The molecule has 17 heavy (non-hydrogen) atoms. The van der Waals surface area contributed by atoms with Crippen LogP contribution in [-0.2, 0) is 6.54 Å². The van der Waals surface area contributed by atoms with Gasteiger partial charge in [0.2, 0.25) is 0 Å². The molecule has 0 aliphatic carbocycles. The number of halogens is 2. The van der Waals surface area contributed by atoms with Gasteiger partial charge in [0.1, 0.15) is 0 Å². The molecule has 0 saturated heterocycles. The smallest absolute Gasteiger partial charge is 0.261 e. The van der Waals surface area contributed by atoms with Crippen LogP contribution in [0.25, 0.3) is 10.9 Å². The maximum Gasteiger partial charge on any atom is 0.261 e. The SMILES string of the molecule is CC(C)Cn1cnc2c(Br)cc(Br)cc2c1=O. The van der Waals surface area contributed by atoms with Gasteiger partial charge >= 0.3 is 0 Å². The highest BCUT2D eigenvalue weighted by Gasteiger charge is 2.09. The van der Waals surface area contributed by atoms with Crippen LogP contribution in [0.15, 0.2) is 32.2 Å². The molecule has 0 amide bonds. The van der Waals surface area contributed by atoms with Gasteiger partial charge in [-0.3, -0.25) is 9.36 Å². The molecular weight excluding hydrogens is 348 g/mol. The van der Waals surface area contributed by atoms with Crippen LogP contribution < -0.4 is 5.56 Å². The number of aromatic nitrogens is 2. The van der Waals surface area contributed by atoms with E-state index in [1.165, 1.54) is 0 Å². The van der Waals surface area contributed by atoms with Crippen molar-refractivity contribution in [2.45, 2.75) is 20.4 Å². The molecular formula is C12H12Br2N2O. The maximum atomic E-state index is 12.2. The van der Waals surface area contributed by atoms with E-state index in [4.69, 9.17) is 0 Å². The second kappa shape index (κ2) is 4.90. The fourth-order valence-corrected chi connectivity index (χ4v) is 3.05. The standard InChI is InChI=1S/C12H12Br2N2O/c1-7(2)5-16-6-15-11-9(12(16)17)3-8(13)4-10(11)14/h3-4,6-7H,5H2,1-2H3. The Morgan fingerprint density at radius 1 is 1.35 bits per heavy atom. The summed E-state index contributed by atoms with van der Waals surface area (Å²) in [6.45, 7) is 4.84. The highest BCUT2D eigenvalue weighted by atomic mass is 79.9. The van der Waals surface area contributed by atoms with Crippen LogP contribution in [0.5, 0.6) is 0 Å². The van der Waals surface area contributed by atoms with Gasteiger partial charge in [-0.1, -0.05) is 29.8 Å². The average molecular weight is 360 g/mol. The monoisotopic (exact) mass is 358 g/mol. The molecule has 0 aliphatic rings. The highest BCUT2D eigenvalue weighted by molar-refractivity contribution is 9.11. The lowest BCUT2D eigenvalue weighted by Gasteiger charge is -2.09. The molecule has 0 radical (unpaired) electrons. The molecule has 1 heterocycles. The summed E-state index contributed by atoms with van der Waals surface area (Å²) in [5, 5.41) is 0.634. The van der Waals surface area contributed by atoms with Crippen molar-refractivity contribution in [3.8, 4) is 0 Å². The van der Waals surface area contributed by atoms with E-state index in [0.717, 1.165) is 8.95 Å². The van der Waals surface area contributed by atoms with Crippen molar-refractivity contribution in [2.24, 2.45) is 5.92 Å². The third-order valence-corrected chi connectivity index (χ3v) is 3.47. The van der Waals surface area contributed by atoms with E-state index in [0.29, 0.717) is 23.4 Å². The Hall–Kier alpha value is -0.680. The van der Waals surface area contributed by atoms with Crippen molar-refractivity contribution >= 4 is 42.8 Å². The zero-order valence-electron chi connectivity index (χ0n) is 9.58. The lowest BCUT2D eigenvalue weighted by Crippen LogP contribution is -2.22. The van der Waals surface area contributed by atoms with E-state index in [1.807, 2.05) is 12.1 Å².